The molecule has 4 heteroatoms. The standard InChI is InChI=1S/C15H14ClNO2/c1-9-6-4-5-7-12(9)17-10(2)8-13(18)14(11(17)3)15(16)19/h4-8H,1-3H3. The Morgan fingerprint density at radius 2 is 1.79 bits per heavy atom. The first-order valence-corrected chi connectivity index (χ1v) is 6.30. The Hall–Kier alpha value is -1.87. The number of carbonyl (C=O) groups is 1. The third-order valence-electron chi connectivity index (χ3n) is 3.19. The molecule has 0 spiro atoms. The number of rotatable bonds is 2. The average Bonchev–Trinajstić information content (AvgIpc) is 2.30. The number of carbonyl (C=O) groups excluding carboxylic acids is 1. The molecular formula is C15H14ClNO2. The van der Waals surface area contributed by atoms with Crippen molar-refractivity contribution >= 4 is 16.8 Å². The van der Waals surface area contributed by atoms with Crippen LogP contribution < -0.4 is 5.43 Å². The van der Waals surface area contributed by atoms with Crippen LogP contribution in [0.1, 0.15) is 27.3 Å². The number of nitrogens with zero attached hydrogens (tertiary/aromatic N) is 1. The highest BCUT2D eigenvalue weighted by molar-refractivity contribution is 6.67. The van der Waals surface area contributed by atoms with E-state index in [0.29, 0.717) is 5.69 Å². The number of hydrogen-bond acceptors (Lipinski definition) is 2. The number of aromatic nitrogens is 1. The Labute approximate surface area is 116 Å². The van der Waals surface area contributed by atoms with Crippen LogP contribution in [0, 0.1) is 20.8 Å². The molecule has 19 heavy (non-hydrogen) atoms. The summed E-state index contributed by atoms with van der Waals surface area (Å²) in [6, 6.07) is 9.23. The number of benzene rings is 1. The lowest BCUT2D eigenvalue weighted by Gasteiger charge is -2.18. The minimum absolute atomic E-state index is 0.0375. The molecular weight excluding hydrogens is 262 g/mol. The summed E-state index contributed by atoms with van der Waals surface area (Å²) in [6.45, 7) is 5.55. The first-order valence-electron chi connectivity index (χ1n) is 5.92. The van der Waals surface area contributed by atoms with E-state index in [2.05, 4.69) is 0 Å². The van der Waals surface area contributed by atoms with Gasteiger partial charge in [0.2, 0.25) is 0 Å². The Morgan fingerprint density at radius 1 is 1.16 bits per heavy atom. The first kappa shape index (κ1) is 13.6. The molecule has 0 saturated heterocycles. The van der Waals surface area contributed by atoms with Crippen LogP contribution in [0.5, 0.6) is 0 Å². The molecule has 1 aromatic carbocycles. The molecule has 0 amide bonds. The van der Waals surface area contributed by atoms with Gasteiger partial charge in [-0.1, -0.05) is 18.2 Å². The minimum atomic E-state index is -0.718. The predicted octanol–water partition coefficient (Wildman–Crippen LogP) is 3.14. The van der Waals surface area contributed by atoms with Gasteiger partial charge in [0.25, 0.3) is 5.24 Å². The van der Waals surface area contributed by atoms with Crippen molar-refractivity contribution in [2.45, 2.75) is 20.8 Å². The summed E-state index contributed by atoms with van der Waals surface area (Å²) in [6.07, 6.45) is 0. The number of aryl methyl sites for hydroxylation is 2. The SMILES string of the molecule is Cc1ccccc1-n1c(C)cc(=O)c(C(=O)Cl)c1C. The summed E-state index contributed by atoms with van der Waals surface area (Å²) in [5.74, 6) is 0. The fourth-order valence-corrected chi connectivity index (χ4v) is 2.54. The summed E-state index contributed by atoms with van der Waals surface area (Å²) < 4.78 is 1.88. The largest absolute Gasteiger partial charge is 0.317 e. The van der Waals surface area contributed by atoms with Crippen LogP contribution in [0.4, 0.5) is 0 Å². The van der Waals surface area contributed by atoms with Crippen molar-refractivity contribution in [2.24, 2.45) is 0 Å². The number of hydrogen-bond donors (Lipinski definition) is 0. The van der Waals surface area contributed by atoms with Gasteiger partial charge in [-0.2, -0.15) is 0 Å². The lowest BCUT2D eigenvalue weighted by atomic mass is 10.1. The van der Waals surface area contributed by atoms with Crippen LogP contribution in [0.2, 0.25) is 0 Å². The van der Waals surface area contributed by atoms with E-state index in [4.69, 9.17) is 11.6 Å². The monoisotopic (exact) mass is 275 g/mol. The maximum absolute atomic E-state index is 11.9. The van der Waals surface area contributed by atoms with Gasteiger partial charge in [-0.15, -0.1) is 0 Å². The highest BCUT2D eigenvalue weighted by atomic mass is 35.5. The van der Waals surface area contributed by atoms with Crippen LogP contribution in [-0.4, -0.2) is 9.81 Å². The van der Waals surface area contributed by atoms with E-state index in [1.54, 1.807) is 6.92 Å². The van der Waals surface area contributed by atoms with Gasteiger partial charge in [0.05, 0.1) is 0 Å². The third-order valence-corrected chi connectivity index (χ3v) is 3.38. The van der Waals surface area contributed by atoms with Gasteiger partial charge < -0.3 is 4.57 Å². The van der Waals surface area contributed by atoms with Crippen LogP contribution in [0.15, 0.2) is 35.1 Å². The van der Waals surface area contributed by atoms with Crippen molar-refractivity contribution < 1.29 is 4.79 Å². The number of pyridine rings is 1. The second kappa shape index (κ2) is 5.02. The minimum Gasteiger partial charge on any atom is -0.317 e. The Morgan fingerprint density at radius 3 is 2.37 bits per heavy atom. The van der Waals surface area contributed by atoms with E-state index in [9.17, 15) is 9.59 Å². The van der Waals surface area contributed by atoms with Crippen LogP contribution in [0.3, 0.4) is 0 Å². The Bertz CT molecular complexity index is 717. The van der Waals surface area contributed by atoms with Crippen molar-refractivity contribution in [1.82, 2.24) is 4.57 Å². The fraction of sp³-hybridized carbons (Fsp3) is 0.200. The lowest BCUT2D eigenvalue weighted by Crippen LogP contribution is -2.20. The van der Waals surface area contributed by atoms with Crippen LogP contribution in [-0.2, 0) is 0 Å². The molecule has 0 fully saturated rings. The molecule has 0 aliphatic heterocycles. The summed E-state index contributed by atoms with van der Waals surface area (Å²) in [7, 11) is 0. The molecule has 0 bridgehead atoms. The van der Waals surface area contributed by atoms with Crippen molar-refractivity contribution in [3.05, 3.63) is 63.1 Å². The van der Waals surface area contributed by atoms with Gasteiger partial charge >= 0.3 is 0 Å². The zero-order chi connectivity index (χ0) is 14.2. The maximum atomic E-state index is 11.9. The Kier molecular flexibility index (Phi) is 3.58. The van der Waals surface area contributed by atoms with Crippen molar-refractivity contribution in [1.29, 1.82) is 0 Å². The molecule has 98 valence electrons. The quantitative estimate of drug-likeness (QED) is 0.790. The second-order valence-corrected chi connectivity index (χ2v) is 4.85. The molecule has 1 aromatic heterocycles. The normalized spacial score (nSPS) is 10.5. The molecule has 3 nitrogen and oxygen atoms in total. The van der Waals surface area contributed by atoms with Crippen LogP contribution in [0.25, 0.3) is 5.69 Å². The summed E-state index contributed by atoms with van der Waals surface area (Å²) in [5.41, 5.74) is 3.05. The first-order chi connectivity index (χ1) is 8.93. The van der Waals surface area contributed by atoms with Gasteiger partial charge in [-0.25, -0.2) is 0 Å². The summed E-state index contributed by atoms with van der Waals surface area (Å²) in [5, 5.41) is -0.718. The van der Waals surface area contributed by atoms with E-state index in [1.165, 1.54) is 6.07 Å². The highest BCUT2D eigenvalue weighted by Gasteiger charge is 2.16. The molecule has 0 radical (unpaired) electrons. The molecule has 2 rings (SSSR count). The van der Waals surface area contributed by atoms with Gasteiger partial charge in [0, 0.05) is 23.1 Å². The zero-order valence-electron chi connectivity index (χ0n) is 11.0. The maximum Gasteiger partial charge on any atom is 0.258 e. The van der Waals surface area contributed by atoms with E-state index < -0.39 is 5.24 Å². The highest BCUT2D eigenvalue weighted by Crippen LogP contribution is 2.19. The van der Waals surface area contributed by atoms with Gasteiger partial charge in [0.1, 0.15) is 5.56 Å². The van der Waals surface area contributed by atoms with Crippen molar-refractivity contribution in [3.63, 3.8) is 0 Å². The fourth-order valence-electron chi connectivity index (χ4n) is 2.31. The molecule has 1 heterocycles. The number of para-hydroxylation sites is 1. The van der Waals surface area contributed by atoms with Gasteiger partial charge in [-0.05, 0) is 44.0 Å². The van der Waals surface area contributed by atoms with Gasteiger partial charge in [-0.3, -0.25) is 9.59 Å². The number of halogens is 1. The predicted molar refractivity (Wildman–Crippen MR) is 76.4 cm³/mol. The molecule has 0 atom stereocenters. The van der Waals surface area contributed by atoms with E-state index in [1.807, 2.05) is 42.7 Å². The average molecular weight is 276 g/mol. The molecule has 0 saturated carbocycles. The molecule has 0 aliphatic carbocycles. The molecule has 2 aromatic rings. The second-order valence-electron chi connectivity index (χ2n) is 4.51. The summed E-state index contributed by atoms with van der Waals surface area (Å²) in [4.78, 5) is 23.3. The smallest absolute Gasteiger partial charge is 0.258 e. The molecule has 0 N–H and O–H groups in total. The summed E-state index contributed by atoms with van der Waals surface area (Å²) >= 11 is 5.51. The third kappa shape index (κ3) is 2.34. The molecule has 0 aliphatic rings. The molecule has 0 unspecified atom stereocenters. The lowest BCUT2D eigenvalue weighted by molar-refractivity contribution is 0.107. The zero-order valence-corrected chi connectivity index (χ0v) is 11.8. The van der Waals surface area contributed by atoms with Crippen molar-refractivity contribution in [3.8, 4) is 5.69 Å². The van der Waals surface area contributed by atoms with Crippen molar-refractivity contribution in [2.75, 3.05) is 0 Å². The topological polar surface area (TPSA) is 39.1 Å². The van der Waals surface area contributed by atoms with E-state index in [-0.39, 0.29) is 11.0 Å². The van der Waals surface area contributed by atoms with Gasteiger partial charge in [0.15, 0.2) is 5.43 Å². The van der Waals surface area contributed by atoms with Crippen LogP contribution >= 0.6 is 11.6 Å². The van der Waals surface area contributed by atoms with E-state index >= 15 is 0 Å². The Balaban J connectivity index is 2.86. The van der Waals surface area contributed by atoms with E-state index in [0.717, 1.165) is 16.9 Å².